The van der Waals surface area contributed by atoms with E-state index in [0.29, 0.717) is 5.82 Å². The fraction of sp³-hybridized carbons (Fsp3) is 0.571. The molecule has 1 amide bonds. The van der Waals surface area contributed by atoms with Gasteiger partial charge < -0.3 is 9.47 Å². The molecule has 1 N–H and O–H groups in total. The van der Waals surface area contributed by atoms with Crippen LogP contribution in [0.1, 0.15) is 41.5 Å². The number of amides is 1. The van der Waals surface area contributed by atoms with E-state index in [2.05, 4.69) is 5.32 Å². The number of aromatic nitrogens is 1. The summed E-state index contributed by atoms with van der Waals surface area (Å²) in [5.74, 6) is 0.300. The van der Waals surface area contributed by atoms with Crippen LogP contribution in [0.25, 0.3) is 0 Å². The van der Waals surface area contributed by atoms with E-state index in [1.165, 1.54) is 10.8 Å². The van der Waals surface area contributed by atoms with Crippen LogP contribution in [0, 0.1) is 0 Å². The molecule has 0 atom stereocenters. The van der Waals surface area contributed by atoms with Gasteiger partial charge in [-0.2, -0.15) is 0 Å². The Kier molecular flexibility index (Phi) is 4.47. The van der Waals surface area contributed by atoms with E-state index in [0.717, 1.165) is 0 Å². The van der Waals surface area contributed by atoms with Gasteiger partial charge in [0, 0.05) is 6.20 Å². The van der Waals surface area contributed by atoms with E-state index >= 15 is 0 Å². The summed E-state index contributed by atoms with van der Waals surface area (Å²) >= 11 is 0. The van der Waals surface area contributed by atoms with Gasteiger partial charge in [0.2, 0.25) is 0 Å². The van der Waals surface area contributed by atoms with Crippen LogP contribution < -0.4 is 5.32 Å². The highest BCUT2D eigenvalue weighted by Gasteiger charge is 2.21. The largest absolute Gasteiger partial charge is 0.444 e. The van der Waals surface area contributed by atoms with Gasteiger partial charge in [-0.15, -0.1) is 0 Å². The molecule has 0 aromatic carbocycles. The fourth-order valence-electron chi connectivity index (χ4n) is 1.36. The first-order chi connectivity index (χ1) is 8.98. The van der Waals surface area contributed by atoms with Gasteiger partial charge in [-0.3, -0.25) is 5.32 Å². The molecule has 1 aromatic rings. The van der Waals surface area contributed by atoms with Gasteiger partial charge in [0.05, 0.1) is 0 Å². The highest BCUT2D eigenvalue weighted by Crippen LogP contribution is 2.16. The van der Waals surface area contributed by atoms with Crippen LogP contribution in [0.3, 0.4) is 0 Å². The van der Waals surface area contributed by atoms with Crippen LogP contribution >= 0.6 is 0 Å². The van der Waals surface area contributed by atoms with Gasteiger partial charge in [-0.1, -0.05) is 0 Å². The van der Waals surface area contributed by atoms with Crippen LogP contribution in [-0.4, -0.2) is 28.0 Å². The van der Waals surface area contributed by atoms with Gasteiger partial charge in [0.15, 0.2) is 0 Å². The zero-order chi connectivity index (χ0) is 15.6. The molecule has 0 unspecified atom stereocenters. The number of anilines is 1. The number of nitrogens with zero attached hydrogens (tertiary/aromatic N) is 1. The van der Waals surface area contributed by atoms with Crippen molar-refractivity contribution in [1.29, 1.82) is 0 Å². The molecule has 0 spiro atoms. The molecule has 0 saturated carbocycles. The first-order valence-corrected chi connectivity index (χ1v) is 6.39. The highest BCUT2D eigenvalue weighted by atomic mass is 16.6. The van der Waals surface area contributed by atoms with Crippen molar-refractivity contribution in [3.05, 3.63) is 18.3 Å². The average Bonchev–Trinajstić information content (AvgIpc) is 2.59. The molecule has 0 aliphatic rings. The Labute approximate surface area is 119 Å². The molecule has 6 nitrogen and oxygen atoms in total. The lowest BCUT2D eigenvalue weighted by Gasteiger charge is -2.21. The molecule has 6 heteroatoms. The standard InChI is InChI=1S/C14H22N2O4/c1-13(2,3)19-11(17)15-10-8-7-9-16(10)12(18)20-14(4,5)6/h7-9H,1-6H3,(H,15,17). The molecule has 0 aliphatic heterocycles. The van der Waals surface area contributed by atoms with Crippen LogP contribution in [0.5, 0.6) is 0 Å². The second-order valence-corrected chi connectivity index (χ2v) is 6.37. The molecule has 1 aromatic heterocycles. The van der Waals surface area contributed by atoms with Crippen molar-refractivity contribution in [2.45, 2.75) is 52.7 Å². The third-order valence-electron chi connectivity index (χ3n) is 1.97. The van der Waals surface area contributed by atoms with Crippen molar-refractivity contribution in [3.63, 3.8) is 0 Å². The van der Waals surface area contributed by atoms with E-state index in [4.69, 9.17) is 9.47 Å². The smallest absolute Gasteiger partial charge is 0.420 e. The summed E-state index contributed by atoms with van der Waals surface area (Å²) in [6.45, 7) is 10.6. The lowest BCUT2D eigenvalue weighted by molar-refractivity contribution is 0.0540. The SMILES string of the molecule is CC(C)(C)OC(=O)Nc1cccn1C(=O)OC(C)(C)C. The Morgan fingerprint density at radius 1 is 1.05 bits per heavy atom. The molecule has 112 valence electrons. The van der Waals surface area contributed by atoms with E-state index in [1.807, 2.05) is 0 Å². The molecular formula is C14H22N2O4. The molecule has 20 heavy (non-hydrogen) atoms. The first-order valence-electron chi connectivity index (χ1n) is 6.39. The number of ether oxygens (including phenoxy) is 2. The van der Waals surface area contributed by atoms with Crippen molar-refractivity contribution in [3.8, 4) is 0 Å². The monoisotopic (exact) mass is 282 g/mol. The number of hydrogen-bond donors (Lipinski definition) is 1. The van der Waals surface area contributed by atoms with Crippen molar-refractivity contribution >= 4 is 18.0 Å². The third kappa shape index (κ3) is 5.34. The van der Waals surface area contributed by atoms with E-state index in [-0.39, 0.29) is 0 Å². The topological polar surface area (TPSA) is 69.6 Å². The van der Waals surface area contributed by atoms with Gasteiger partial charge in [0.25, 0.3) is 0 Å². The number of nitrogens with one attached hydrogen (secondary N) is 1. The van der Waals surface area contributed by atoms with Crippen LogP contribution in [0.15, 0.2) is 18.3 Å². The van der Waals surface area contributed by atoms with E-state index in [9.17, 15) is 9.59 Å². The minimum atomic E-state index is -0.624. The van der Waals surface area contributed by atoms with Crippen molar-refractivity contribution in [1.82, 2.24) is 4.57 Å². The number of rotatable bonds is 1. The lowest BCUT2D eigenvalue weighted by atomic mass is 10.2. The summed E-state index contributed by atoms with van der Waals surface area (Å²) < 4.78 is 11.6. The lowest BCUT2D eigenvalue weighted by Crippen LogP contribution is -2.30. The maximum absolute atomic E-state index is 12.0. The van der Waals surface area contributed by atoms with Crippen molar-refractivity contribution in [2.75, 3.05) is 5.32 Å². The Morgan fingerprint density at radius 2 is 1.60 bits per heavy atom. The highest BCUT2D eigenvalue weighted by molar-refractivity contribution is 5.87. The molecule has 0 bridgehead atoms. The van der Waals surface area contributed by atoms with Gasteiger partial charge in [0.1, 0.15) is 17.0 Å². The second-order valence-electron chi connectivity index (χ2n) is 6.37. The van der Waals surface area contributed by atoms with Crippen LogP contribution in [0.2, 0.25) is 0 Å². The fourth-order valence-corrected chi connectivity index (χ4v) is 1.36. The van der Waals surface area contributed by atoms with E-state index in [1.54, 1.807) is 53.7 Å². The predicted molar refractivity (Wildman–Crippen MR) is 75.9 cm³/mol. The molecule has 0 radical (unpaired) electrons. The maximum Gasteiger partial charge on any atom is 0.420 e. The number of carbonyl (C=O) groups is 2. The van der Waals surface area contributed by atoms with Gasteiger partial charge in [-0.25, -0.2) is 14.2 Å². The molecule has 0 fully saturated rings. The van der Waals surface area contributed by atoms with Crippen molar-refractivity contribution in [2.24, 2.45) is 0 Å². The molecule has 0 aliphatic carbocycles. The average molecular weight is 282 g/mol. The van der Waals surface area contributed by atoms with Crippen molar-refractivity contribution < 1.29 is 19.1 Å². The van der Waals surface area contributed by atoms with E-state index < -0.39 is 23.4 Å². The summed E-state index contributed by atoms with van der Waals surface area (Å²) in [5.41, 5.74) is -1.21. The van der Waals surface area contributed by atoms with Crippen LogP contribution in [0.4, 0.5) is 15.4 Å². The molecule has 1 heterocycles. The molecule has 1 rings (SSSR count). The molecular weight excluding hydrogens is 260 g/mol. The third-order valence-corrected chi connectivity index (χ3v) is 1.97. The Morgan fingerprint density at radius 3 is 2.10 bits per heavy atom. The summed E-state index contributed by atoms with van der Waals surface area (Å²) in [5, 5.41) is 2.51. The molecule has 0 saturated heterocycles. The predicted octanol–water partition coefficient (Wildman–Crippen LogP) is 3.62. The van der Waals surface area contributed by atoms with Gasteiger partial charge >= 0.3 is 12.2 Å². The Balaban J connectivity index is 2.77. The normalized spacial score (nSPS) is 11.9. The first kappa shape index (κ1) is 16.1. The summed E-state index contributed by atoms with van der Waals surface area (Å²) in [6, 6.07) is 3.23. The second kappa shape index (κ2) is 5.56. The Hall–Kier alpha value is -1.98. The maximum atomic E-state index is 12.0. The number of hydrogen-bond acceptors (Lipinski definition) is 4. The summed E-state index contributed by atoms with van der Waals surface area (Å²) in [4.78, 5) is 23.6. The zero-order valence-corrected chi connectivity index (χ0v) is 12.8. The van der Waals surface area contributed by atoms with Gasteiger partial charge in [-0.05, 0) is 53.7 Å². The minimum absolute atomic E-state index is 0.300. The zero-order valence-electron chi connectivity index (χ0n) is 12.8. The van der Waals surface area contributed by atoms with Crippen LogP contribution in [-0.2, 0) is 9.47 Å². The summed E-state index contributed by atoms with van der Waals surface area (Å²) in [7, 11) is 0. The summed E-state index contributed by atoms with van der Waals surface area (Å²) in [6.07, 6.45) is 0.329. The number of carbonyl (C=O) groups excluding carboxylic acids is 2. The minimum Gasteiger partial charge on any atom is -0.444 e. The Bertz CT molecular complexity index is 492. The quantitative estimate of drug-likeness (QED) is 0.854.